The normalized spacial score (nSPS) is 22.1. The fourth-order valence-corrected chi connectivity index (χ4v) is 3.76. The van der Waals surface area contributed by atoms with Gasteiger partial charge in [0.25, 0.3) is 0 Å². The summed E-state index contributed by atoms with van der Waals surface area (Å²) in [5.74, 6) is 0.724. The van der Waals surface area contributed by atoms with Crippen molar-refractivity contribution in [2.45, 2.75) is 64.1 Å². The number of aromatic nitrogens is 3. The van der Waals surface area contributed by atoms with Crippen LogP contribution in [0.5, 0.6) is 0 Å². The molecule has 1 aromatic heterocycles. The molecule has 1 N–H and O–H groups in total. The molecule has 1 atom stereocenters. The van der Waals surface area contributed by atoms with E-state index in [1.807, 2.05) is 4.68 Å². The average molecular weight is 305 g/mol. The topological polar surface area (TPSA) is 63.1 Å². The molecule has 6 heteroatoms. The van der Waals surface area contributed by atoms with Gasteiger partial charge in [-0.05, 0) is 32.6 Å². The molecule has 1 aliphatic heterocycles. The van der Waals surface area contributed by atoms with Crippen LogP contribution in [0.15, 0.2) is 12.7 Å². The maximum Gasteiger partial charge on any atom is 0.225 e. The number of carbonyl (C=O) groups excluding carboxylic acids is 1. The van der Waals surface area contributed by atoms with Gasteiger partial charge in [-0.15, -0.1) is 0 Å². The molecule has 1 saturated heterocycles. The first-order valence-corrected chi connectivity index (χ1v) is 8.59. The van der Waals surface area contributed by atoms with Gasteiger partial charge in [0.1, 0.15) is 12.7 Å². The first kappa shape index (κ1) is 15.5. The molecular formula is C16H27N5O. The molecule has 0 spiro atoms. The van der Waals surface area contributed by atoms with Gasteiger partial charge in [0.2, 0.25) is 5.91 Å². The van der Waals surface area contributed by atoms with Gasteiger partial charge < -0.3 is 10.2 Å². The number of carbonyl (C=O) groups is 1. The van der Waals surface area contributed by atoms with Crippen molar-refractivity contribution in [3.8, 4) is 0 Å². The second kappa shape index (κ2) is 7.22. The molecule has 0 aromatic carbocycles. The summed E-state index contributed by atoms with van der Waals surface area (Å²) < 4.78 is 1.86. The van der Waals surface area contributed by atoms with Crippen LogP contribution in [0.25, 0.3) is 0 Å². The molecule has 1 amide bonds. The molecule has 1 saturated carbocycles. The largest absolute Gasteiger partial charge is 0.342 e. The first-order valence-electron chi connectivity index (χ1n) is 8.59. The lowest BCUT2D eigenvalue weighted by Crippen LogP contribution is -2.49. The average Bonchev–Trinajstić information content (AvgIpc) is 3.20. The van der Waals surface area contributed by atoms with Crippen LogP contribution in [-0.2, 0) is 11.3 Å². The second-order valence-corrected chi connectivity index (χ2v) is 6.77. The number of hydrogen-bond donors (Lipinski definition) is 1. The maximum atomic E-state index is 12.4. The van der Waals surface area contributed by atoms with Crippen molar-refractivity contribution in [2.24, 2.45) is 5.92 Å². The molecule has 122 valence electrons. The minimum atomic E-state index is 0.316. The van der Waals surface area contributed by atoms with Gasteiger partial charge in [-0.25, -0.2) is 4.98 Å². The Labute approximate surface area is 132 Å². The highest BCUT2D eigenvalue weighted by atomic mass is 16.2. The van der Waals surface area contributed by atoms with E-state index in [0.29, 0.717) is 23.9 Å². The van der Waals surface area contributed by atoms with Crippen LogP contribution in [0.3, 0.4) is 0 Å². The van der Waals surface area contributed by atoms with Gasteiger partial charge in [-0.2, -0.15) is 5.10 Å². The second-order valence-electron chi connectivity index (χ2n) is 6.77. The molecule has 2 aliphatic rings. The van der Waals surface area contributed by atoms with Crippen LogP contribution in [0.1, 0.15) is 45.4 Å². The van der Waals surface area contributed by atoms with E-state index in [0.717, 1.165) is 45.3 Å². The Hall–Kier alpha value is -1.43. The van der Waals surface area contributed by atoms with Crippen molar-refractivity contribution in [2.75, 3.05) is 13.1 Å². The van der Waals surface area contributed by atoms with Gasteiger partial charge in [0, 0.05) is 31.1 Å². The van der Waals surface area contributed by atoms with Gasteiger partial charge in [-0.3, -0.25) is 9.48 Å². The molecule has 22 heavy (non-hydrogen) atoms. The minimum absolute atomic E-state index is 0.316. The smallest absolute Gasteiger partial charge is 0.225 e. The molecular weight excluding hydrogens is 278 g/mol. The zero-order valence-corrected chi connectivity index (χ0v) is 13.4. The van der Waals surface area contributed by atoms with Crippen molar-refractivity contribution in [3.63, 3.8) is 0 Å². The monoisotopic (exact) mass is 305 g/mol. The third-order valence-electron chi connectivity index (χ3n) is 4.96. The van der Waals surface area contributed by atoms with E-state index in [1.165, 1.54) is 12.8 Å². The summed E-state index contributed by atoms with van der Waals surface area (Å²) in [5, 5.41) is 7.80. The number of nitrogens with one attached hydrogen (secondary N) is 1. The van der Waals surface area contributed by atoms with Gasteiger partial charge in [0.15, 0.2) is 0 Å². The van der Waals surface area contributed by atoms with Crippen molar-refractivity contribution in [1.29, 1.82) is 0 Å². The van der Waals surface area contributed by atoms with Crippen LogP contribution < -0.4 is 5.32 Å². The van der Waals surface area contributed by atoms with Crippen molar-refractivity contribution in [3.05, 3.63) is 12.7 Å². The SMILES string of the molecule is CC(Cn1cncn1)NC1CCN(C(=O)C2CCCC2)CC1. The Balaban J connectivity index is 1.40. The Kier molecular flexibility index (Phi) is 5.08. The lowest BCUT2D eigenvalue weighted by Gasteiger charge is -2.35. The molecule has 0 bridgehead atoms. The molecule has 3 rings (SSSR count). The zero-order valence-electron chi connectivity index (χ0n) is 13.4. The predicted octanol–water partition coefficient (Wildman–Crippen LogP) is 1.44. The molecule has 2 heterocycles. The predicted molar refractivity (Wildman–Crippen MR) is 84.2 cm³/mol. The lowest BCUT2D eigenvalue weighted by molar-refractivity contribution is -0.136. The van der Waals surface area contributed by atoms with E-state index < -0.39 is 0 Å². The maximum absolute atomic E-state index is 12.4. The van der Waals surface area contributed by atoms with Crippen molar-refractivity contribution >= 4 is 5.91 Å². The summed E-state index contributed by atoms with van der Waals surface area (Å²) in [6, 6.07) is 0.870. The fraction of sp³-hybridized carbons (Fsp3) is 0.812. The number of rotatable bonds is 5. The van der Waals surface area contributed by atoms with Crippen LogP contribution in [0, 0.1) is 5.92 Å². The van der Waals surface area contributed by atoms with E-state index in [1.54, 1.807) is 12.7 Å². The first-order chi connectivity index (χ1) is 10.7. The summed E-state index contributed by atoms with van der Waals surface area (Å²) in [4.78, 5) is 18.5. The Morgan fingerprint density at radius 2 is 2.00 bits per heavy atom. The summed E-state index contributed by atoms with van der Waals surface area (Å²) in [5.41, 5.74) is 0. The van der Waals surface area contributed by atoms with E-state index in [2.05, 4.69) is 27.2 Å². The molecule has 0 radical (unpaired) electrons. The van der Waals surface area contributed by atoms with Gasteiger partial charge in [-0.1, -0.05) is 12.8 Å². The third-order valence-corrected chi connectivity index (χ3v) is 4.96. The summed E-state index contributed by atoms with van der Waals surface area (Å²) in [6.07, 6.45) is 10.1. The van der Waals surface area contributed by atoms with E-state index >= 15 is 0 Å². The summed E-state index contributed by atoms with van der Waals surface area (Å²) in [6.45, 7) is 4.82. The molecule has 1 aliphatic carbocycles. The molecule has 2 fully saturated rings. The fourth-order valence-electron chi connectivity index (χ4n) is 3.76. The number of nitrogens with zero attached hydrogens (tertiary/aromatic N) is 4. The highest BCUT2D eigenvalue weighted by Crippen LogP contribution is 2.27. The van der Waals surface area contributed by atoms with E-state index in [4.69, 9.17) is 0 Å². The minimum Gasteiger partial charge on any atom is -0.342 e. The highest BCUT2D eigenvalue weighted by Gasteiger charge is 2.30. The zero-order chi connectivity index (χ0) is 15.4. The van der Waals surface area contributed by atoms with Crippen LogP contribution >= 0.6 is 0 Å². The van der Waals surface area contributed by atoms with Gasteiger partial charge >= 0.3 is 0 Å². The molecule has 1 aromatic rings. The van der Waals surface area contributed by atoms with Crippen LogP contribution in [-0.4, -0.2) is 50.7 Å². The number of likely N-dealkylation sites (tertiary alicyclic amines) is 1. The summed E-state index contributed by atoms with van der Waals surface area (Å²) in [7, 11) is 0. The van der Waals surface area contributed by atoms with Crippen LogP contribution in [0.4, 0.5) is 0 Å². The number of piperidine rings is 1. The Morgan fingerprint density at radius 1 is 1.27 bits per heavy atom. The Morgan fingerprint density at radius 3 is 2.64 bits per heavy atom. The quantitative estimate of drug-likeness (QED) is 0.894. The number of amides is 1. The van der Waals surface area contributed by atoms with Crippen LogP contribution in [0.2, 0.25) is 0 Å². The third kappa shape index (κ3) is 3.85. The summed E-state index contributed by atoms with van der Waals surface area (Å²) >= 11 is 0. The van der Waals surface area contributed by atoms with Crippen molar-refractivity contribution in [1.82, 2.24) is 25.0 Å². The number of hydrogen-bond acceptors (Lipinski definition) is 4. The van der Waals surface area contributed by atoms with E-state index in [9.17, 15) is 4.79 Å². The van der Waals surface area contributed by atoms with E-state index in [-0.39, 0.29) is 0 Å². The molecule has 1 unspecified atom stereocenters. The molecule has 6 nitrogen and oxygen atoms in total. The Bertz CT molecular complexity index is 461. The highest BCUT2D eigenvalue weighted by molar-refractivity contribution is 5.79. The van der Waals surface area contributed by atoms with Crippen molar-refractivity contribution < 1.29 is 4.79 Å². The standard InChI is InChI=1S/C16H27N5O/c1-13(10-21-12-17-11-18-21)19-15-6-8-20(9-7-15)16(22)14-4-2-3-5-14/h11-15,19H,2-10H2,1H3. The van der Waals surface area contributed by atoms with Gasteiger partial charge in [0.05, 0.1) is 6.54 Å². The lowest BCUT2D eigenvalue weighted by atomic mass is 10.0.